The summed E-state index contributed by atoms with van der Waals surface area (Å²) in [5.41, 5.74) is 3.33. The number of ether oxygens (including phenoxy) is 2. The molecule has 2 heterocycles. The van der Waals surface area contributed by atoms with Crippen LogP contribution in [0.1, 0.15) is 54.1 Å². The molecule has 0 amide bonds. The summed E-state index contributed by atoms with van der Waals surface area (Å²) in [6.07, 6.45) is 7.54. The number of rotatable bonds is 7. The van der Waals surface area contributed by atoms with Crippen LogP contribution in [0.3, 0.4) is 0 Å². The van der Waals surface area contributed by atoms with Gasteiger partial charge in [0.05, 0.1) is 30.6 Å². The topological polar surface area (TPSA) is 66.2 Å². The second-order valence-electron chi connectivity index (χ2n) is 8.95. The van der Waals surface area contributed by atoms with Crippen LogP contribution >= 0.6 is 11.6 Å². The predicted octanol–water partition coefficient (Wildman–Crippen LogP) is 6.60. The molecule has 1 aliphatic rings. The molecule has 5 rings (SSSR count). The molecule has 0 saturated heterocycles. The lowest BCUT2D eigenvalue weighted by Gasteiger charge is -2.31. The molecule has 7 heteroatoms. The van der Waals surface area contributed by atoms with Crippen LogP contribution in [0, 0.1) is 5.92 Å². The van der Waals surface area contributed by atoms with Crippen molar-refractivity contribution in [2.45, 2.75) is 38.0 Å². The molecule has 35 heavy (non-hydrogen) atoms. The molecule has 1 saturated carbocycles. The number of hydrogen-bond donors (Lipinski definition) is 0. The molecule has 6 nitrogen and oxygen atoms in total. The highest BCUT2D eigenvalue weighted by Gasteiger charge is 2.31. The van der Waals surface area contributed by atoms with Gasteiger partial charge in [-0.3, -0.25) is 0 Å². The number of esters is 1. The van der Waals surface area contributed by atoms with Crippen LogP contribution in [-0.4, -0.2) is 34.5 Å². The second kappa shape index (κ2) is 10.5. The van der Waals surface area contributed by atoms with E-state index in [-0.39, 0.29) is 5.92 Å². The fourth-order valence-electron chi connectivity index (χ4n) is 5.10. The third-order valence-electron chi connectivity index (χ3n) is 6.83. The Hall–Kier alpha value is -3.38. The van der Waals surface area contributed by atoms with Gasteiger partial charge >= 0.3 is 5.97 Å². The fraction of sp³-hybridized carbons (Fsp3) is 0.321. The van der Waals surface area contributed by atoms with Gasteiger partial charge in [0.25, 0.3) is 0 Å². The number of hydrogen-bond acceptors (Lipinski definition) is 5. The van der Waals surface area contributed by atoms with Crippen molar-refractivity contribution in [1.82, 2.24) is 14.8 Å². The van der Waals surface area contributed by atoms with Crippen molar-refractivity contribution in [3.8, 4) is 11.6 Å². The lowest BCUT2D eigenvalue weighted by atomic mass is 9.78. The minimum atomic E-state index is -0.459. The van der Waals surface area contributed by atoms with Crippen LogP contribution in [-0.2, 0) is 4.74 Å². The zero-order valence-corrected chi connectivity index (χ0v) is 20.4. The Bertz CT molecular complexity index is 1310. The minimum absolute atomic E-state index is 0.0610. The summed E-state index contributed by atoms with van der Waals surface area (Å²) in [6, 6.07) is 19.4. The summed E-state index contributed by atoms with van der Waals surface area (Å²) >= 11 is 6.18. The van der Waals surface area contributed by atoms with Crippen molar-refractivity contribution in [2.24, 2.45) is 5.92 Å². The predicted molar refractivity (Wildman–Crippen MR) is 136 cm³/mol. The van der Waals surface area contributed by atoms with Crippen molar-refractivity contribution in [3.63, 3.8) is 0 Å². The second-order valence-corrected chi connectivity index (χ2v) is 9.39. The minimum Gasteiger partial charge on any atom is -0.476 e. The molecule has 0 aliphatic heterocycles. The Labute approximate surface area is 209 Å². The summed E-state index contributed by atoms with van der Waals surface area (Å²) in [5.74, 6) is 0.326. The highest BCUT2D eigenvalue weighted by molar-refractivity contribution is 6.30. The number of methoxy groups -OCH3 is 1. The van der Waals surface area contributed by atoms with Crippen LogP contribution < -0.4 is 4.74 Å². The van der Waals surface area contributed by atoms with E-state index in [1.807, 2.05) is 47.1 Å². The maximum Gasteiger partial charge on any atom is 0.343 e. The highest BCUT2D eigenvalue weighted by Crippen LogP contribution is 2.40. The number of carbonyl (C=O) groups excluding carboxylic acids is 1. The zero-order chi connectivity index (χ0) is 24.2. The largest absolute Gasteiger partial charge is 0.476 e. The number of nitrogens with zero attached hydrogens (tertiary/aromatic N) is 3. The first-order chi connectivity index (χ1) is 17.2. The van der Waals surface area contributed by atoms with E-state index in [9.17, 15) is 4.79 Å². The van der Waals surface area contributed by atoms with E-state index in [0.29, 0.717) is 29.0 Å². The quantitative estimate of drug-likeness (QED) is 0.273. The average Bonchev–Trinajstić information content (AvgIpc) is 3.29. The molecular weight excluding hydrogens is 462 g/mol. The molecule has 1 fully saturated rings. The molecule has 4 aromatic rings. The smallest absolute Gasteiger partial charge is 0.343 e. The van der Waals surface area contributed by atoms with E-state index in [4.69, 9.17) is 26.2 Å². The number of aromatic nitrogens is 3. The van der Waals surface area contributed by atoms with Gasteiger partial charge in [0.1, 0.15) is 5.56 Å². The zero-order valence-electron chi connectivity index (χ0n) is 19.7. The summed E-state index contributed by atoms with van der Waals surface area (Å²) < 4.78 is 13.2. The van der Waals surface area contributed by atoms with Gasteiger partial charge in [0.2, 0.25) is 5.88 Å². The molecule has 2 aromatic heterocycles. The third-order valence-corrected chi connectivity index (χ3v) is 7.09. The van der Waals surface area contributed by atoms with Gasteiger partial charge in [-0.05, 0) is 61.2 Å². The van der Waals surface area contributed by atoms with Crippen LogP contribution in [0.5, 0.6) is 5.88 Å². The monoisotopic (exact) mass is 489 g/mol. The Balaban J connectivity index is 1.59. The Morgan fingerprint density at radius 1 is 1.06 bits per heavy atom. The number of carbonyl (C=O) groups is 1. The van der Waals surface area contributed by atoms with Crippen molar-refractivity contribution < 1.29 is 14.3 Å². The van der Waals surface area contributed by atoms with Gasteiger partial charge in [-0.15, -0.1) is 0 Å². The number of fused-ring (bicyclic) bond motifs is 1. The standard InChI is InChI=1S/C28H28ClN3O3/c1-34-28(33)23-11-7-17-30-27(23)35-18-24(19-8-3-2-4-9-19)26-22-10-5-6-12-25(22)31-32(26)21-15-13-20(29)14-16-21/h5-7,10-17,19,24H,2-4,8-9,18H2,1H3. The molecule has 0 bridgehead atoms. The van der Waals surface area contributed by atoms with Gasteiger partial charge in [-0.1, -0.05) is 49.1 Å². The van der Waals surface area contributed by atoms with E-state index < -0.39 is 5.97 Å². The normalized spacial score (nSPS) is 15.1. The molecule has 1 atom stereocenters. The van der Waals surface area contributed by atoms with Crippen LogP contribution in [0.25, 0.3) is 16.6 Å². The van der Waals surface area contributed by atoms with E-state index in [0.717, 1.165) is 35.1 Å². The van der Waals surface area contributed by atoms with E-state index in [1.165, 1.54) is 26.4 Å². The SMILES string of the molecule is COC(=O)c1cccnc1OCC(c1c2ccccc2nn1-c1ccc(Cl)cc1)C1CCCCC1. The lowest BCUT2D eigenvalue weighted by Crippen LogP contribution is -2.25. The number of benzene rings is 2. The summed E-state index contributed by atoms with van der Waals surface area (Å²) in [6.45, 7) is 0.384. The molecule has 1 unspecified atom stereocenters. The van der Waals surface area contributed by atoms with E-state index >= 15 is 0 Å². The van der Waals surface area contributed by atoms with Crippen LogP contribution in [0.4, 0.5) is 0 Å². The Kier molecular flexibility index (Phi) is 7.00. The number of halogens is 1. The first-order valence-electron chi connectivity index (χ1n) is 12.1. The summed E-state index contributed by atoms with van der Waals surface area (Å²) in [7, 11) is 1.36. The fourth-order valence-corrected chi connectivity index (χ4v) is 5.23. The van der Waals surface area contributed by atoms with Gasteiger partial charge in [0.15, 0.2) is 0 Å². The lowest BCUT2D eigenvalue weighted by molar-refractivity contribution is 0.0593. The van der Waals surface area contributed by atoms with Gasteiger partial charge in [-0.25, -0.2) is 14.5 Å². The van der Waals surface area contributed by atoms with Crippen molar-refractivity contribution in [1.29, 1.82) is 0 Å². The Morgan fingerprint density at radius 3 is 2.60 bits per heavy atom. The van der Waals surface area contributed by atoms with Crippen molar-refractivity contribution in [2.75, 3.05) is 13.7 Å². The molecule has 0 radical (unpaired) electrons. The third kappa shape index (κ3) is 4.89. The van der Waals surface area contributed by atoms with E-state index in [2.05, 4.69) is 11.1 Å². The maximum atomic E-state index is 12.3. The molecule has 180 valence electrons. The Morgan fingerprint density at radius 2 is 1.83 bits per heavy atom. The maximum absolute atomic E-state index is 12.3. The van der Waals surface area contributed by atoms with Crippen molar-refractivity contribution >= 4 is 28.5 Å². The first kappa shape index (κ1) is 23.4. The summed E-state index contributed by atoms with van der Waals surface area (Å²) in [5, 5.41) is 6.76. The average molecular weight is 490 g/mol. The van der Waals surface area contributed by atoms with E-state index in [1.54, 1.807) is 18.3 Å². The molecule has 0 spiro atoms. The van der Waals surface area contributed by atoms with Gasteiger partial charge < -0.3 is 9.47 Å². The van der Waals surface area contributed by atoms with Crippen LogP contribution in [0.2, 0.25) is 5.02 Å². The number of pyridine rings is 1. The highest BCUT2D eigenvalue weighted by atomic mass is 35.5. The van der Waals surface area contributed by atoms with Crippen molar-refractivity contribution in [3.05, 3.63) is 83.1 Å². The summed E-state index contributed by atoms with van der Waals surface area (Å²) in [4.78, 5) is 16.6. The van der Waals surface area contributed by atoms with Crippen LogP contribution in [0.15, 0.2) is 66.9 Å². The molecule has 2 aromatic carbocycles. The molecular formula is C28H28ClN3O3. The molecule has 0 N–H and O–H groups in total. The van der Waals surface area contributed by atoms with Gasteiger partial charge in [0, 0.05) is 22.5 Å². The molecule has 1 aliphatic carbocycles. The first-order valence-corrected chi connectivity index (χ1v) is 12.4. The van der Waals surface area contributed by atoms with Gasteiger partial charge in [-0.2, -0.15) is 5.10 Å².